The van der Waals surface area contributed by atoms with Crippen molar-refractivity contribution in [1.29, 1.82) is 0 Å². The molecule has 0 bridgehead atoms. The average Bonchev–Trinajstić information content (AvgIpc) is 2.42. The summed E-state index contributed by atoms with van der Waals surface area (Å²) in [6, 6.07) is 10.9. The monoisotopic (exact) mass is 355 g/mol. The Bertz CT molecular complexity index is 615. The van der Waals surface area contributed by atoms with E-state index in [1.807, 2.05) is 31.2 Å². The maximum absolute atomic E-state index is 13.4. The van der Waals surface area contributed by atoms with Crippen molar-refractivity contribution in [3.05, 3.63) is 68.4 Å². The van der Waals surface area contributed by atoms with Crippen LogP contribution in [0, 0.1) is 12.7 Å². The smallest absolute Gasteiger partial charge is 0.126 e. The summed E-state index contributed by atoms with van der Waals surface area (Å²) in [4.78, 5) is 0. The van der Waals surface area contributed by atoms with E-state index >= 15 is 0 Å². The van der Waals surface area contributed by atoms with Gasteiger partial charge >= 0.3 is 0 Å². The Morgan fingerprint density at radius 3 is 2.65 bits per heavy atom. The van der Waals surface area contributed by atoms with E-state index in [-0.39, 0.29) is 11.9 Å². The number of nitrogens with one attached hydrogen (secondary N) is 1. The summed E-state index contributed by atoms with van der Waals surface area (Å²) in [5.41, 5.74) is 2.62. The summed E-state index contributed by atoms with van der Waals surface area (Å²) in [6.45, 7) is 4.60. The molecule has 0 saturated heterocycles. The van der Waals surface area contributed by atoms with Gasteiger partial charge in [-0.15, -0.1) is 0 Å². The molecule has 0 fully saturated rings. The molecule has 0 aliphatic rings. The molecule has 0 radical (unpaired) electrons. The number of rotatable bonds is 4. The van der Waals surface area contributed by atoms with Crippen molar-refractivity contribution in [2.24, 2.45) is 0 Å². The third-order valence-corrected chi connectivity index (χ3v) is 4.03. The highest BCUT2D eigenvalue weighted by Gasteiger charge is 2.17. The lowest BCUT2D eigenvalue weighted by Crippen LogP contribution is -2.22. The molecule has 4 heteroatoms. The Kier molecular flexibility index (Phi) is 5.19. The van der Waals surface area contributed by atoms with E-state index in [0.29, 0.717) is 10.6 Å². The van der Waals surface area contributed by atoms with Crippen molar-refractivity contribution >= 4 is 27.5 Å². The van der Waals surface area contributed by atoms with Crippen molar-refractivity contribution in [3.63, 3.8) is 0 Å². The van der Waals surface area contributed by atoms with Crippen LogP contribution in [0.2, 0.25) is 5.02 Å². The molecule has 2 aromatic rings. The SMILES string of the molecule is CCNC(c1ccc(F)c(C)c1)c1cc(Br)ccc1Cl. The number of hydrogen-bond acceptors (Lipinski definition) is 1. The van der Waals surface area contributed by atoms with Gasteiger partial charge in [-0.2, -0.15) is 0 Å². The number of halogens is 3. The predicted octanol–water partition coefficient (Wildman–Crippen LogP) is 5.25. The number of hydrogen-bond donors (Lipinski definition) is 1. The third kappa shape index (κ3) is 3.40. The molecule has 0 aliphatic heterocycles. The van der Waals surface area contributed by atoms with Gasteiger partial charge in [0.15, 0.2) is 0 Å². The molecule has 2 aromatic carbocycles. The Balaban J connectivity index is 2.49. The molecule has 0 heterocycles. The predicted molar refractivity (Wildman–Crippen MR) is 85.8 cm³/mol. The van der Waals surface area contributed by atoms with Gasteiger partial charge in [0.2, 0.25) is 0 Å². The zero-order valence-electron chi connectivity index (χ0n) is 11.4. The van der Waals surface area contributed by atoms with Crippen molar-refractivity contribution in [3.8, 4) is 0 Å². The fourth-order valence-electron chi connectivity index (χ4n) is 2.19. The van der Waals surface area contributed by atoms with Gasteiger partial charge in [0.25, 0.3) is 0 Å². The van der Waals surface area contributed by atoms with Crippen LogP contribution in [0.4, 0.5) is 4.39 Å². The van der Waals surface area contributed by atoms with Gasteiger partial charge in [0.05, 0.1) is 6.04 Å². The summed E-state index contributed by atoms with van der Waals surface area (Å²) in [7, 11) is 0. The van der Waals surface area contributed by atoms with Crippen molar-refractivity contribution in [1.82, 2.24) is 5.32 Å². The Morgan fingerprint density at radius 1 is 1.25 bits per heavy atom. The second-order valence-corrected chi connectivity index (χ2v) is 5.99. The fraction of sp³-hybridized carbons (Fsp3) is 0.250. The molecular formula is C16H16BrClFN. The molecule has 0 spiro atoms. The molecule has 1 unspecified atom stereocenters. The normalized spacial score (nSPS) is 12.4. The van der Waals surface area contributed by atoms with Crippen molar-refractivity contribution < 1.29 is 4.39 Å². The summed E-state index contributed by atoms with van der Waals surface area (Å²) in [5, 5.41) is 4.10. The van der Waals surface area contributed by atoms with Crippen LogP contribution in [-0.4, -0.2) is 6.54 Å². The van der Waals surface area contributed by atoms with E-state index in [9.17, 15) is 4.39 Å². The quantitative estimate of drug-likeness (QED) is 0.789. The van der Waals surface area contributed by atoms with Gasteiger partial charge in [-0.05, 0) is 54.4 Å². The molecule has 0 aliphatic carbocycles. The van der Waals surface area contributed by atoms with Crippen molar-refractivity contribution in [2.45, 2.75) is 19.9 Å². The molecule has 0 saturated carbocycles. The number of benzene rings is 2. The molecular weight excluding hydrogens is 341 g/mol. The standard InChI is InChI=1S/C16H16BrClFN/c1-3-20-16(11-4-7-15(19)10(2)8-11)13-9-12(17)5-6-14(13)18/h4-9,16,20H,3H2,1-2H3. The largest absolute Gasteiger partial charge is 0.306 e. The first kappa shape index (κ1) is 15.5. The summed E-state index contributed by atoms with van der Waals surface area (Å²) in [5.74, 6) is -0.190. The van der Waals surface area contributed by atoms with Crippen LogP contribution in [0.25, 0.3) is 0 Å². The maximum Gasteiger partial charge on any atom is 0.126 e. The second kappa shape index (κ2) is 6.70. The van der Waals surface area contributed by atoms with Crippen molar-refractivity contribution in [2.75, 3.05) is 6.54 Å². The van der Waals surface area contributed by atoms with Crippen LogP contribution in [0.15, 0.2) is 40.9 Å². The molecule has 20 heavy (non-hydrogen) atoms. The van der Waals surface area contributed by atoms with E-state index in [0.717, 1.165) is 22.1 Å². The Morgan fingerprint density at radius 2 is 2.00 bits per heavy atom. The third-order valence-electron chi connectivity index (χ3n) is 3.19. The molecule has 106 valence electrons. The molecule has 2 rings (SSSR count). The molecule has 1 atom stereocenters. The fourth-order valence-corrected chi connectivity index (χ4v) is 2.80. The van der Waals surface area contributed by atoms with Crippen LogP contribution in [0.5, 0.6) is 0 Å². The molecule has 0 amide bonds. The van der Waals surface area contributed by atoms with Crippen LogP contribution < -0.4 is 5.32 Å². The maximum atomic E-state index is 13.4. The van der Waals surface area contributed by atoms with Crippen LogP contribution in [-0.2, 0) is 0 Å². The molecule has 1 N–H and O–H groups in total. The summed E-state index contributed by atoms with van der Waals surface area (Å²) >= 11 is 9.78. The minimum absolute atomic E-state index is 0.0516. The second-order valence-electron chi connectivity index (χ2n) is 4.67. The van der Waals surface area contributed by atoms with Crippen LogP contribution in [0.3, 0.4) is 0 Å². The average molecular weight is 357 g/mol. The van der Waals surface area contributed by atoms with Gasteiger partial charge in [0, 0.05) is 9.50 Å². The topological polar surface area (TPSA) is 12.0 Å². The van der Waals surface area contributed by atoms with E-state index in [2.05, 4.69) is 21.2 Å². The Hall–Kier alpha value is -0.900. The minimum Gasteiger partial charge on any atom is -0.306 e. The van der Waals surface area contributed by atoms with E-state index in [4.69, 9.17) is 11.6 Å². The first-order valence-electron chi connectivity index (χ1n) is 6.47. The van der Waals surface area contributed by atoms with E-state index in [1.165, 1.54) is 6.07 Å². The highest BCUT2D eigenvalue weighted by Crippen LogP contribution is 2.31. The summed E-state index contributed by atoms with van der Waals surface area (Å²) in [6.07, 6.45) is 0. The van der Waals surface area contributed by atoms with E-state index < -0.39 is 0 Å². The van der Waals surface area contributed by atoms with Gasteiger partial charge < -0.3 is 5.32 Å². The van der Waals surface area contributed by atoms with Gasteiger partial charge in [-0.25, -0.2) is 4.39 Å². The minimum atomic E-state index is -0.190. The first-order valence-corrected chi connectivity index (χ1v) is 7.64. The van der Waals surface area contributed by atoms with E-state index in [1.54, 1.807) is 13.0 Å². The lowest BCUT2D eigenvalue weighted by atomic mass is 9.97. The zero-order chi connectivity index (χ0) is 14.7. The molecule has 0 aromatic heterocycles. The highest BCUT2D eigenvalue weighted by molar-refractivity contribution is 9.10. The van der Waals surface area contributed by atoms with Gasteiger partial charge in [0.1, 0.15) is 5.82 Å². The van der Waals surface area contributed by atoms with Crippen LogP contribution >= 0.6 is 27.5 Å². The lowest BCUT2D eigenvalue weighted by molar-refractivity contribution is 0.606. The first-order chi connectivity index (χ1) is 9.52. The zero-order valence-corrected chi connectivity index (χ0v) is 13.7. The van der Waals surface area contributed by atoms with Gasteiger partial charge in [-0.3, -0.25) is 0 Å². The molecule has 1 nitrogen and oxygen atoms in total. The lowest BCUT2D eigenvalue weighted by Gasteiger charge is -2.21. The van der Waals surface area contributed by atoms with Crippen LogP contribution in [0.1, 0.15) is 29.7 Å². The number of aryl methyl sites for hydroxylation is 1. The van der Waals surface area contributed by atoms with Gasteiger partial charge in [-0.1, -0.05) is 46.6 Å². The Labute approximate surface area is 132 Å². The highest BCUT2D eigenvalue weighted by atomic mass is 79.9. The summed E-state index contributed by atoms with van der Waals surface area (Å²) < 4.78 is 14.4.